The highest BCUT2D eigenvalue weighted by molar-refractivity contribution is 7.98. The second-order valence-corrected chi connectivity index (χ2v) is 7.98. The molecule has 0 aliphatic rings. The van der Waals surface area contributed by atoms with Crippen molar-refractivity contribution in [1.29, 1.82) is 0 Å². The van der Waals surface area contributed by atoms with Crippen LogP contribution in [0.15, 0.2) is 54.6 Å². The van der Waals surface area contributed by atoms with Crippen LogP contribution in [0.2, 0.25) is 0 Å². The van der Waals surface area contributed by atoms with Gasteiger partial charge in [-0.1, -0.05) is 42.5 Å². The molecule has 2 unspecified atom stereocenters. The molecule has 172 valence electrons. The zero-order chi connectivity index (χ0) is 23.3. The van der Waals surface area contributed by atoms with Crippen LogP contribution in [0.25, 0.3) is 0 Å². The lowest BCUT2D eigenvalue weighted by atomic mass is 10.0. The number of benzene rings is 2. The molecule has 2 amide bonds. The number of rotatable bonds is 11. The standard InChI is InChI=1S/C23H28N2O6S/c1-30-22(28)19(12-13-32-2)24-21(27)20(14-16-8-10-18(26)11-9-16)25-23(29)31-15-17-6-4-3-5-7-17/h3-11,19-20,26H,12-15H2,1-2H3,(H,24,27)(H,25,29). The third-order valence-electron chi connectivity index (χ3n) is 4.61. The Morgan fingerprint density at radius 1 is 0.969 bits per heavy atom. The maximum absolute atomic E-state index is 13.0. The van der Waals surface area contributed by atoms with E-state index in [4.69, 9.17) is 9.47 Å². The van der Waals surface area contributed by atoms with Gasteiger partial charge < -0.3 is 25.2 Å². The highest BCUT2D eigenvalue weighted by atomic mass is 32.2. The summed E-state index contributed by atoms with van der Waals surface area (Å²) in [6.07, 6.45) is 1.67. The largest absolute Gasteiger partial charge is 0.508 e. The zero-order valence-electron chi connectivity index (χ0n) is 18.1. The number of phenols is 1. The molecule has 2 rings (SSSR count). The van der Waals surface area contributed by atoms with Gasteiger partial charge in [-0.05, 0) is 41.7 Å². The number of nitrogens with one attached hydrogen (secondary N) is 2. The van der Waals surface area contributed by atoms with Crippen LogP contribution in [0.1, 0.15) is 17.5 Å². The SMILES string of the molecule is COC(=O)C(CCSC)NC(=O)C(Cc1ccc(O)cc1)NC(=O)OCc1ccccc1. The predicted molar refractivity (Wildman–Crippen MR) is 122 cm³/mol. The summed E-state index contributed by atoms with van der Waals surface area (Å²) in [5, 5.41) is 14.7. The zero-order valence-corrected chi connectivity index (χ0v) is 18.9. The van der Waals surface area contributed by atoms with Crippen molar-refractivity contribution in [2.24, 2.45) is 0 Å². The molecular weight excluding hydrogens is 432 g/mol. The second-order valence-electron chi connectivity index (χ2n) is 7.00. The Morgan fingerprint density at radius 3 is 2.28 bits per heavy atom. The smallest absolute Gasteiger partial charge is 0.408 e. The number of esters is 1. The average molecular weight is 461 g/mol. The van der Waals surface area contributed by atoms with Crippen molar-refractivity contribution >= 4 is 29.7 Å². The number of aromatic hydroxyl groups is 1. The lowest BCUT2D eigenvalue weighted by molar-refractivity contribution is -0.145. The summed E-state index contributed by atoms with van der Waals surface area (Å²) in [4.78, 5) is 37.4. The molecule has 0 heterocycles. The summed E-state index contributed by atoms with van der Waals surface area (Å²) in [5.74, 6) is -0.351. The van der Waals surface area contributed by atoms with E-state index >= 15 is 0 Å². The fourth-order valence-electron chi connectivity index (χ4n) is 2.88. The topological polar surface area (TPSA) is 114 Å². The highest BCUT2D eigenvalue weighted by Gasteiger charge is 2.27. The van der Waals surface area contributed by atoms with Gasteiger partial charge in [0.25, 0.3) is 0 Å². The molecular formula is C23H28N2O6S. The van der Waals surface area contributed by atoms with E-state index in [2.05, 4.69) is 10.6 Å². The van der Waals surface area contributed by atoms with Gasteiger partial charge in [0.1, 0.15) is 24.4 Å². The number of carbonyl (C=O) groups excluding carboxylic acids is 3. The van der Waals surface area contributed by atoms with E-state index in [-0.39, 0.29) is 18.8 Å². The molecule has 0 radical (unpaired) electrons. The molecule has 0 aromatic heterocycles. The summed E-state index contributed by atoms with van der Waals surface area (Å²) in [6.45, 7) is 0.0543. The van der Waals surface area contributed by atoms with E-state index in [0.29, 0.717) is 17.7 Å². The summed E-state index contributed by atoms with van der Waals surface area (Å²) >= 11 is 1.54. The average Bonchev–Trinajstić information content (AvgIpc) is 2.81. The van der Waals surface area contributed by atoms with E-state index in [1.54, 1.807) is 12.1 Å². The number of phenolic OH excluding ortho intramolecular Hbond substituents is 1. The van der Waals surface area contributed by atoms with Gasteiger partial charge in [-0.15, -0.1) is 0 Å². The quantitative estimate of drug-likeness (QED) is 0.442. The van der Waals surface area contributed by atoms with Crippen LogP contribution in [0.3, 0.4) is 0 Å². The molecule has 0 aliphatic heterocycles. The molecule has 9 heteroatoms. The van der Waals surface area contributed by atoms with Crippen LogP contribution in [-0.4, -0.2) is 54.3 Å². The van der Waals surface area contributed by atoms with Gasteiger partial charge in [0.05, 0.1) is 7.11 Å². The van der Waals surface area contributed by atoms with Crippen LogP contribution in [-0.2, 0) is 32.1 Å². The number of carbonyl (C=O) groups is 3. The maximum Gasteiger partial charge on any atom is 0.408 e. The molecule has 8 nitrogen and oxygen atoms in total. The van der Waals surface area contributed by atoms with Gasteiger partial charge in [0, 0.05) is 6.42 Å². The highest BCUT2D eigenvalue weighted by Crippen LogP contribution is 2.12. The fourth-order valence-corrected chi connectivity index (χ4v) is 3.35. The van der Waals surface area contributed by atoms with Crippen LogP contribution in [0.4, 0.5) is 4.79 Å². The van der Waals surface area contributed by atoms with Crippen molar-refractivity contribution in [3.05, 3.63) is 65.7 Å². The number of methoxy groups -OCH3 is 1. The first-order chi connectivity index (χ1) is 15.4. The summed E-state index contributed by atoms with van der Waals surface area (Å²) in [6, 6.07) is 13.6. The number of hydrogen-bond donors (Lipinski definition) is 3. The van der Waals surface area contributed by atoms with Gasteiger partial charge in [-0.25, -0.2) is 9.59 Å². The minimum absolute atomic E-state index is 0.0543. The minimum atomic E-state index is -0.996. The Hall–Kier alpha value is -3.20. The first-order valence-electron chi connectivity index (χ1n) is 10.0. The summed E-state index contributed by atoms with van der Waals surface area (Å²) in [7, 11) is 1.26. The number of amides is 2. The van der Waals surface area contributed by atoms with Gasteiger partial charge >= 0.3 is 12.1 Å². The van der Waals surface area contributed by atoms with Crippen molar-refractivity contribution in [3.63, 3.8) is 0 Å². The number of hydrogen-bond acceptors (Lipinski definition) is 7. The van der Waals surface area contributed by atoms with Gasteiger partial charge in [0.2, 0.25) is 5.91 Å². The molecule has 2 aromatic carbocycles. The number of ether oxygens (including phenoxy) is 2. The monoisotopic (exact) mass is 460 g/mol. The van der Waals surface area contributed by atoms with Gasteiger partial charge in [-0.2, -0.15) is 11.8 Å². The molecule has 3 N–H and O–H groups in total. The van der Waals surface area contributed by atoms with E-state index in [1.807, 2.05) is 36.6 Å². The molecule has 0 spiro atoms. The van der Waals surface area contributed by atoms with Gasteiger partial charge in [-0.3, -0.25) is 4.79 Å². The Morgan fingerprint density at radius 2 is 1.66 bits per heavy atom. The van der Waals surface area contributed by atoms with E-state index in [1.165, 1.54) is 31.0 Å². The lowest BCUT2D eigenvalue weighted by Crippen LogP contribution is -2.52. The van der Waals surface area contributed by atoms with Crippen LogP contribution >= 0.6 is 11.8 Å². The van der Waals surface area contributed by atoms with Crippen LogP contribution < -0.4 is 10.6 Å². The minimum Gasteiger partial charge on any atom is -0.508 e. The fraction of sp³-hybridized carbons (Fsp3) is 0.348. The molecule has 2 atom stereocenters. The molecule has 0 aliphatic carbocycles. The third kappa shape index (κ3) is 8.50. The lowest BCUT2D eigenvalue weighted by Gasteiger charge is -2.22. The number of thioether (sulfide) groups is 1. The molecule has 0 fully saturated rings. The first kappa shape index (κ1) is 25.1. The Labute approximate surface area is 191 Å². The van der Waals surface area contributed by atoms with Crippen molar-refractivity contribution < 1.29 is 29.0 Å². The number of alkyl carbamates (subject to hydrolysis) is 1. The molecule has 0 saturated carbocycles. The van der Waals surface area contributed by atoms with Gasteiger partial charge in [0.15, 0.2) is 0 Å². The maximum atomic E-state index is 13.0. The summed E-state index contributed by atoms with van der Waals surface area (Å²) in [5.41, 5.74) is 1.52. The van der Waals surface area contributed by atoms with E-state index in [9.17, 15) is 19.5 Å². The Balaban J connectivity index is 2.09. The Kier molecular flexibility index (Phi) is 10.4. The molecule has 0 saturated heterocycles. The molecule has 32 heavy (non-hydrogen) atoms. The summed E-state index contributed by atoms with van der Waals surface area (Å²) < 4.78 is 10.0. The Bertz CT molecular complexity index is 876. The van der Waals surface area contributed by atoms with Crippen molar-refractivity contribution in [1.82, 2.24) is 10.6 Å². The molecule has 2 aromatic rings. The van der Waals surface area contributed by atoms with E-state index < -0.39 is 30.1 Å². The third-order valence-corrected chi connectivity index (χ3v) is 5.25. The normalized spacial score (nSPS) is 12.3. The van der Waals surface area contributed by atoms with E-state index in [0.717, 1.165) is 5.56 Å². The van der Waals surface area contributed by atoms with Crippen molar-refractivity contribution in [3.8, 4) is 5.75 Å². The first-order valence-corrected chi connectivity index (χ1v) is 11.4. The molecule has 0 bridgehead atoms. The second kappa shape index (κ2) is 13.3. The van der Waals surface area contributed by atoms with Crippen LogP contribution in [0.5, 0.6) is 5.75 Å². The predicted octanol–water partition coefficient (Wildman–Crippen LogP) is 2.64. The van der Waals surface area contributed by atoms with Crippen molar-refractivity contribution in [2.75, 3.05) is 19.1 Å². The van der Waals surface area contributed by atoms with Crippen molar-refractivity contribution in [2.45, 2.75) is 31.5 Å². The van der Waals surface area contributed by atoms with Crippen LogP contribution in [0, 0.1) is 0 Å².